The maximum atomic E-state index is 13.3. The first-order chi connectivity index (χ1) is 17.0. The van der Waals surface area contributed by atoms with Crippen molar-refractivity contribution in [3.8, 4) is 11.1 Å². The molecule has 0 spiro atoms. The van der Waals surface area contributed by atoms with Gasteiger partial charge in [-0.05, 0) is 53.4 Å². The van der Waals surface area contributed by atoms with Gasteiger partial charge in [-0.15, -0.1) is 6.58 Å². The van der Waals surface area contributed by atoms with Gasteiger partial charge in [0.2, 0.25) is 5.91 Å². The molecule has 0 radical (unpaired) electrons. The van der Waals surface area contributed by atoms with Gasteiger partial charge < -0.3 is 20.1 Å². The summed E-state index contributed by atoms with van der Waals surface area (Å²) in [6, 6.07) is 16.0. The molecule has 5 rings (SSSR count). The highest BCUT2D eigenvalue weighted by Gasteiger charge is 2.52. The zero-order valence-corrected chi connectivity index (χ0v) is 19.6. The zero-order valence-electron chi connectivity index (χ0n) is 19.6. The number of aliphatic carboxylic acids is 1. The van der Waals surface area contributed by atoms with Crippen molar-refractivity contribution in [2.45, 2.75) is 31.2 Å². The average Bonchev–Trinajstić information content (AvgIpc) is 3.54. The smallest absolute Gasteiger partial charge is 0.407 e. The van der Waals surface area contributed by atoms with E-state index in [9.17, 15) is 19.5 Å². The molecule has 0 heterocycles. The Kier molecular flexibility index (Phi) is 6.32. The van der Waals surface area contributed by atoms with Crippen molar-refractivity contribution in [3.63, 3.8) is 0 Å². The van der Waals surface area contributed by atoms with Gasteiger partial charge in [-0.2, -0.15) is 0 Å². The van der Waals surface area contributed by atoms with Crippen LogP contribution in [0.2, 0.25) is 0 Å². The number of hydrogen-bond donors (Lipinski definition) is 2. The van der Waals surface area contributed by atoms with E-state index in [1.807, 2.05) is 24.3 Å². The summed E-state index contributed by atoms with van der Waals surface area (Å²) < 4.78 is 5.72. The van der Waals surface area contributed by atoms with E-state index in [4.69, 9.17) is 4.74 Å². The molecule has 2 aromatic carbocycles. The predicted octanol–water partition coefficient (Wildman–Crippen LogP) is 4.04. The maximum Gasteiger partial charge on any atom is 0.407 e. The Morgan fingerprint density at radius 2 is 1.66 bits per heavy atom. The summed E-state index contributed by atoms with van der Waals surface area (Å²) in [5.41, 5.74) is 4.61. The summed E-state index contributed by atoms with van der Waals surface area (Å²) in [7, 11) is 0. The van der Waals surface area contributed by atoms with Crippen molar-refractivity contribution in [3.05, 3.63) is 72.3 Å². The molecule has 7 heteroatoms. The topological polar surface area (TPSA) is 95.9 Å². The molecule has 4 unspecified atom stereocenters. The van der Waals surface area contributed by atoms with Gasteiger partial charge in [0, 0.05) is 18.5 Å². The van der Waals surface area contributed by atoms with Crippen LogP contribution in [0.1, 0.15) is 36.3 Å². The summed E-state index contributed by atoms with van der Waals surface area (Å²) in [6.07, 6.45) is 3.72. The van der Waals surface area contributed by atoms with Crippen molar-refractivity contribution >= 4 is 18.0 Å². The van der Waals surface area contributed by atoms with Gasteiger partial charge in [0.25, 0.3) is 0 Å². The number of nitrogens with one attached hydrogen (secondary N) is 1. The fourth-order valence-electron chi connectivity index (χ4n) is 6.39. The van der Waals surface area contributed by atoms with E-state index in [-0.39, 0.29) is 49.4 Å². The van der Waals surface area contributed by atoms with Gasteiger partial charge in [0.15, 0.2) is 0 Å². The Bertz CT molecular complexity index is 1120. The van der Waals surface area contributed by atoms with Crippen LogP contribution in [0.5, 0.6) is 0 Å². The minimum atomic E-state index is -1.07. The van der Waals surface area contributed by atoms with Gasteiger partial charge in [0.05, 0.1) is 5.92 Å². The Morgan fingerprint density at radius 1 is 1.03 bits per heavy atom. The molecule has 35 heavy (non-hydrogen) atoms. The van der Waals surface area contributed by atoms with E-state index in [1.54, 1.807) is 0 Å². The number of fused-ring (bicyclic) bond motifs is 5. The Hall–Kier alpha value is -3.61. The first-order valence-corrected chi connectivity index (χ1v) is 12.2. The van der Waals surface area contributed by atoms with Crippen LogP contribution in [0, 0.1) is 17.8 Å². The van der Waals surface area contributed by atoms with Crippen LogP contribution < -0.4 is 5.32 Å². The number of amides is 2. The molecular weight excluding hydrogens is 444 g/mol. The van der Waals surface area contributed by atoms with Crippen molar-refractivity contribution in [1.82, 2.24) is 10.2 Å². The largest absolute Gasteiger partial charge is 0.480 e. The minimum absolute atomic E-state index is 0.0377. The number of carbonyl (C=O) groups excluding carboxylic acids is 2. The van der Waals surface area contributed by atoms with E-state index in [0.717, 1.165) is 41.5 Å². The van der Waals surface area contributed by atoms with Crippen LogP contribution in [-0.4, -0.2) is 53.7 Å². The Balaban J connectivity index is 1.28. The quantitative estimate of drug-likeness (QED) is 0.563. The van der Waals surface area contributed by atoms with Crippen molar-refractivity contribution in [2.75, 3.05) is 19.7 Å². The summed E-state index contributed by atoms with van der Waals surface area (Å²) in [4.78, 5) is 38.9. The second-order valence-corrected chi connectivity index (χ2v) is 9.76. The molecule has 2 N–H and O–H groups in total. The molecule has 2 amide bonds. The second-order valence-electron chi connectivity index (χ2n) is 9.76. The molecule has 0 aliphatic heterocycles. The van der Waals surface area contributed by atoms with Gasteiger partial charge in [0.1, 0.15) is 13.2 Å². The molecule has 2 aromatic rings. The van der Waals surface area contributed by atoms with Crippen LogP contribution in [0.25, 0.3) is 11.1 Å². The first kappa shape index (κ1) is 23.1. The van der Waals surface area contributed by atoms with E-state index in [1.165, 1.54) is 11.0 Å². The van der Waals surface area contributed by atoms with E-state index in [2.05, 4.69) is 36.2 Å². The highest BCUT2D eigenvalue weighted by molar-refractivity contribution is 5.85. The molecule has 0 saturated heterocycles. The van der Waals surface area contributed by atoms with Gasteiger partial charge in [-0.1, -0.05) is 54.6 Å². The molecule has 2 saturated carbocycles. The fourth-order valence-corrected chi connectivity index (χ4v) is 6.39. The molecule has 4 atom stereocenters. The fraction of sp³-hybridized carbons (Fsp3) is 0.393. The lowest BCUT2D eigenvalue weighted by Crippen LogP contribution is -2.51. The number of ether oxygens (including phenoxy) is 1. The Labute approximate surface area is 204 Å². The average molecular weight is 475 g/mol. The third-order valence-electron chi connectivity index (χ3n) is 7.82. The standard InChI is InChI=1S/C28H30N2O5/c1-2-13-30(15-24(31)32)27(33)25-17-11-12-18(14-17)26(25)29-28(34)35-16-23-21-9-5-3-7-19(21)20-8-4-6-10-22(20)23/h2-10,17-18,23,25-26H,1,11-16H2,(H,29,34)(H,31,32). The van der Waals surface area contributed by atoms with Gasteiger partial charge >= 0.3 is 12.1 Å². The highest BCUT2D eigenvalue weighted by Crippen LogP contribution is 2.49. The van der Waals surface area contributed by atoms with Crippen LogP contribution >= 0.6 is 0 Å². The molecule has 3 aliphatic rings. The van der Waals surface area contributed by atoms with Crippen LogP contribution in [0.3, 0.4) is 0 Å². The molecule has 0 aromatic heterocycles. The molecule has 3 aliphatic carbocycles. The normalized spacial score (nSPS) is 23.9. The summed E-state index contributed by atoms with van der Waals surface area (Å²) >= 11 is 0. The maximum absolute atomic E-state index is 13.3. The number of hydrogen-bond acceptors (Lipinski definition) is 4. The number of carboxylic acids is 1. The Morgan fingerprint density at radius 3 is 2.29 bits per heavy atom. The number of nitrogens with zero attached hydrogens (tertiary/aromatic N) is 1. The lowest BCUT2D eigenvalue weighted by molar-refractivity contribution is -0.147. The van der Waals surface area contributed by atoms with E-state index < -0.39 is 18.0 Å². The van der Waals surface area contributed by atoms with Crippen LogP contribution in [0.4, 0.5) is 4.79 Å². The number of benzene rings is 2. The molecule has 7 nitrogen and oxygen atoms in total. The SMILES string of the molecule is C=CCN(CC(=O)O)C(=O)C1C2CCC(C2)C1NC(=O)OCC1c2ccccc2-c2ccccc21. The number of carboxylic acid groups (broad SMARTS) is 1. The number of alkyl carbamates (subject to hydrolysis) is 1. The highest BCUT2D eigenvalue weighted by atomic mass is 16.5. The van der Waals surface area contributed by atoms with Gasteiger partial charge in [-0.3, -0.25) is 9.59 Å². The number of rotatable bonds is 8. The molecular formula is C28H30N2O5. The van der Waals surface area contributed by atoms with E-state index >= 15 is 0 Å². The predicted molar refractivity (Wildman–Crippen MR) is 131 cm³/mol. The second kappa shape index (κ2) is 9.56. The number of carbonyl (C=O) groups is 3. The minimum Gasteiger partial charge on any atom is -0.480 e. The zero-order chi connectivity index (χ0) is 24.5. The third kappa shape index (κ3) is 4.31. The summed E-state index contributed by atoms with van der Waals surface area (Å²) in [5, 5.41) is 12.2. The van der Waals surface area contributed by atoms with Crippen molar-refractivity contribution in [1.29, 1.82) is 0 Å². The van der Waals surface area contributed by atoms with Gasteiger partial charge in [-0.25, -0.2) is 4.79 Å². The summed E-state index contributed by atoms with van der Waals surface area (Å²) in [6.45, 7) is 3.64. The monoisotopic (exact) mass is 474 g/mol. The van der Waals surface area contributed by atoms with Crippen molar-refractivity contribution in [2.24, 2.45) is 17.8 Å². The molecule has 2 bridgehead atoms. The molecule has 182 valence electrons. The van der Waals surface area contributed by atoms with Crippen LogP contribution in [-0.2, 0) is 14.3 Å². The van der Waals surface area contributed by atoms with E-state index in [0.29, 0.717) is 0 Å². The lowest BCUT2D eigenvalue weighted by Gasteiger charge is -2.34. The summed E-state index contributed by atoms with van der Waals surface area (Å²) in [5.74, 6) is -1.43. The third-order valence-corrected chi connectivity index (χ3v) is 7.82. The lowest BCUT2D eigenvalue weighted by atomic mass is 9.83. The van der Waals surface area contributed by atoms with Crippen molar-refractivity contribution < 1.29 is 24.2 Å². The molecule has 2 fully saturated rings. The first-order valence-electron chi connectivity index (χ1n) is 12.2. The van der Waals surface area contributed by atoms with Crippen LogP contribution in [0.15, 0.2) is 61.2 Å².